The van der Waals surface area contributed by atoms with Crippen LogP contribution in [0.4, 0.5) is 0 Å². The summed E-state index contributed by atoms with van der Waals surface area (Å²) in [4.78, 5) is 14.6. The monoisotopic (exact) mass is 186 g/mol. The molecule has 0 aliphatic heterocycles. The first-order valence-electron chi connectivity index (χ1n) is 4.59. The Kier molecular flexibility index (Phi) is 7.20. The van der Waals surface area contributed by atoms with Gasteiger partial charge in [0.15, 0.2) is 0 Å². The molecule has 4 nitrogen and oxygen atoms in total. The smallest absolute Gasteiger partial charge is 0.303 e. The van der Waals surface area contributed by atoms with Crippen molar-refractivity contribution in [2.45, 2.75) is 26.2 Å². The van der Waals surface area contributed by atoms with Crippen LogP contribution in [-0.2, 0) is 4.79 Å². The van der Waals surface area contributed by atoms with Gasteiger partial charge in [-0.3, -0.25) is 9.79 Å². The fourth-order valence-electron chi connectivity index (χ4n) is 1.03. The second-order valence-corrected chi connectivity index (χ2v) is 2.79. The number of nitrogens with one attached hydrogen (secondary N) is 1. The summed E-state index contributed by atoms with van der Waals surface area (Å²) in [6, 6.07) is 0. The number of carboxylic acids is 1. The Morgan fingerprint density at radius 2 is 2.08 bits per heavy atom. The Hall–Kier alpha value is -0.900. The van der Waals surface area contributed by atoms with Crippen LogP contribution >= 0.6 is 0 Å². The van der Waals surface area contributed by atoms with Crippen LogP contribution in [0.5, 0.6) is 0 Å². The summed E-state index contributed by atoms with van der Waals surface area (Å²) in [5.41, 5.74) is 0.999. The van der Waals surface area contributed by atoms with Gasteiger partial charge < -0.3 is 10.4 Å². The number of hydrogen-bond acceptors (Lipinski definition) is 3. The second-order valence-electron chi connectivity index (χ2n) is 2.79. The Bertz CT molecular complexity index is 178. The molecule has 0 atom stereocenters. The van der Waals surface area contributed by atoms with Crippen molar-refractivity contribution < 1.29 is 9.90 Å². The van der Waals surface area contributed by atoms with E-state index in [1.165, 1.54) is 0 Å². The molecule has 0 bridgehead atoms. The highest BCUT2D eigenvalue weighted by Gasteiger charge is 2.02. The van der Waals surface area contributed by atoms with E-state index in [9.17, 15) is 4.79 Å². The first-order chi connectivity index (χ1) is 6.20. The minimum Gasteiger partial charge on any atom is -0.481 e. The Labute approximate surface area is 79.1 Å². The largest absolute Gasteiger partial charge is 0.481 e. The van der Waals surface area contributed by atoms with Crippen LogP contribution in [0.3, 0.4) is 0 Å². The summed E-state index contributed by atoms with van der Waals surface area (Å²) < 4.78 is 0. The average molecular weight is 186 g/mol. The number of hydrogen-bond donors (Lipinski definition) is 2. The first kappa shape index (κ1) is 12.1. The summed E-state index contributed by atoms with van der Waals surface area (Å²) in [5.74, 6) is -0.756. The van der Waals surface area contributed by atoms with Gasteiger partial charge in [-0.1, -0.05) is 0 Å². The minimum absolute atomic E-state index is 0.183. The predicted octanol–water partition coefficient (Wildman–Crippen LogP) is 0.922. The third kappa shape index (κ3) is 7.46. The average Bonchev–Trinajstić information content (AvgIpc) is 2.09. The molecule has 0 spiro atoms. The van der Waals surface area contributed by atoms with Gasteiger partial charge in [0.25, 0.3) is 0 Å². The molecular formula is C9H18N2O2. The van der Waals surface area contributed by atoms with Gasteiger partial charge in [-0.15, -0.1) is 0 Å². The van der Waals surface area contributed by atoms with E-state index >= 15 is 0 Å². The summed E-state index contributed by atoms with van der Waals surface area (Å²) >= 11 is 0. The maximum atomic E-state index is 10.3. The third-order valence-electron chi connectivity index (χ3n) is 1.67. The lowest BCUT2D eigenvalue weighted by Crippen LogP contribution is -2.14. The molecular weight excluding hydrogens is 168 g/mol. The Balaban J connectivity index is 3.80. The highest BCUT2D eigenvalue weighted by molar-refractivity contribution is 5.87. The molecule has 0 saturated carbocycles. The topological polar surface area (TPSA) is 61.7 Å². The minimum atomic E-state index is -0.756. The van der Waals surface area contributed by atoms with E-state index in [4.69, 9.17) is 5.11 Å². The third-order valence-corrected chi connectivity index (χ3v) is 1.67. The SMILES string of the molecule is CCN=C(CCNC)CCC(=O)O. The molecule has 0 aliphatic rings. The molecule has 76 valence electrons. The molecule has 2 N–H and O–H groups in total. The molecule has 0 unspecified atom stereocenters. The number of nitrogens with zero attached hydrogens (tertiary/aromatic N) is 1. The zero-order chi connectivity index (χ0) is 10.1. The van der Waals surface area contributed by atoms with Gasteiger partial charge in [-0.25, -0.2) is 0 Å². The zero-order valence-electron chi connectivity index (χ0n) is 8.34. The van der Waals surface area contributed by atoms with Crippen molar-refractivity contribution >= 4 is 11.7 Å². The quantitative estimate of drug-likeness (QED) is 0.581. The van der Waals surface area contributed by atoms with E-state index < -0.39 is 5.97 Å². The molecule has 0 rings (SSSR count). The zero-order valence-corrected chi connectivity index (χ0v) is 8.34. The van der Waals surface area contributed by atoms with E-state index in [-0.39, 0.29) is 6.42 Å². The van der Waals surface area contributed by atoms with Crippen LogP contribution in [0.2, 0.25) is 0 Å². The summed E-state index contributed by atoms with van der Waals surface area (Å²) in [7, 11) is 1.88. The highest BCUT2D eigenvalue weighted by Crippen LogP contribution is 1.98. The van der Waals surface area contributed by atoms with Crippen molar-refractivity contribution in [3.63, 3.8) is 0 Å². The van der Waals surface area contributed by atoms with Crippen molar-refractivity contribution in [2.24, 2.45) is 4.99 Å². The maximum absolute atomic E-state index is 10.3. The molecule has 0 aromatic carbocycles. The number of aliphatic imine (C=N–C) groups is 1. The van der Waals surface area contributed by atoms with E-state index in [2.05, 4.69) is 10.3 Å². The Morgan fingerprint density at radius 3 is 2.54 bits per heavy atom. The molecule has 0 saturated heterocycles. The molecule has 0 aromatic rings. The van der Waals surface area contributed by atoms with Crippen molar-refractivity contribution in [3.05, 3.63) is 0 Å². The van der Waals surface area contributed by atoms with E-state index in [0.29, 0.717) is 6.42 Å². The normalized spacial score (nSPS) is 11.7. The molecule has 0 aliphatic carbocycles. The summed E-state index contributed by atoms with van der Waals surface area (Å²) in [5, 5.41) is 11.5. The van der Waals surface area contributed by atoms with Crippen molar-refractivity contribution in [1.82, 2.24) is 5.32 Å². The van der Waals surface area contributed by atoms with E-state index in [1.54, 1.807) is 0 Å². The van der Waals surface area contributed by atoms with Crippen molar-refractivity contribution in [1.29, 1.82) is 0 Å². The van der Waals surface area contributed by atoms with Gasteiger partial charge in [0.05, 0.1) is 6.42 Å². The lowest BCUT2D eigenvalue weighted by Gasteiger charge is -2.03. The molecule has 0 amide bonds. The van der Waals surface area contributed by atoms with Crippen molar-refractivity contribution in [3.8, 4) is 0 Å². The molecule has 13 heavy (non-hydrogen) atoms. The van der Waals surface area contributed by atoms with Gasteiger partial charge in [0.1, 0.15) is 0 Å². The van der Waals surface area contributed by atoms with Gasteiger partial charge >= 0.3 is 5.97 Å². The first-order valence-corrected chi connectivity index (χ1v) is 4.59. The maximum Gasteiger partial charge on any atom is 0.303 e. The number of rotatable bonds is 7. The highest BCUT2D eigenvalue weighted by atomic mass is 16.4. The standard InChI is InChI=1S/C9H18N2O2/c1-3-11-8(6-7-10-2)4-5-9(12)13/h10H,3-7H2,1-2H3,(H,12,13). The molecule has 0 radical (unpaired) electrons. The van der Waals surface area contributed by atoms with Crippen molar-refractivity contribution in [2.75, 3.05) is 20.1 Å². The number of carboxylic acid groups (broad SMARTS) is 1. The van der Waals surface area contributed by atoms with E-state index in [0.717, 1.165) is 25.2 Å². The molecule has 0 heterocycles. The van der Waals surface area contributed by atoms with E-state index in [1.807, 2.05) is 14.0 Å². The molecule has 0 fully saturated rings. The van der Waals surface area contributed by atoms with Crippen LogP contribution in [0.25, 0.3) is 0 Å². The molecule has 0 aromatic heterocycles. The van der Waals surface area contributed by atoms with Crippen LogP contribution in [0.15, 0.2) is 4.99 Å². The second kappa shape index (κ2) is 7.73. The lowest BCUT2D eigenvalue weighted by atomic mass is 10.1. The van der Waals surface area contributed by atoms with Gasteiger partial charge in [-0.05, 0) is 26.8 Å². The van der Waals surface area contributed by atoms with Gasteiger partial charge in [0, 0.05) is 18.8 Å². The summed E-state index contributed by atoms with van der Waals surface area (Å²) in [6.07, 6.45) is 1.60. The Morgan fingerprint density at radius 1 is 1.38 bits per heavy atom. The predicted molar refractivity (Wildman–Crippen MR) is 53.4 cm³/mol. The molecule has 4 heteroatoms. The number of aliphatic carboxylic acids is 1. The number of carbonyl (C=O) groups is 1. The van der Waals surface area contributed by atoms with Crippen LogP contribution in [-0.4, -0.2) is 36.9 Å². The fraction of sp³-hybridized carbons (Fsp3) is 0.778. The van der Waals surface area contributed by atoms with Crippen LogP contribution in [0, 0.1) is 0 Å². The fourth-order valence-corrected chi connectivity index (χ4v) is 1.03. The van der Waals surface area contributed by atoms with Crippen LogP contribution < -0.4 is 5.32 Å². The van der Waals surface area contributed by atoms with Gasteiger partial charge in [-0.2, -0.15) is 0 Å². The van der Waals surface area contributed by atoms with Crippen LogP contribution in [0.1, 0.15) is 26.2 Å². The lowest BCUT2D eigenvalue weighted by molar-refractivity contribution is -0.136. The summed E-state index contributed by atoms with van der Waals surface area (Å²) in [6.45, 7) is 3.55. The van der Waals surface area contributed by atoms with Gasteiger partial charge in [0.2, 0.25) is 0 Å².